The Balaban J connectivity index is 1.47. The quantitative estimate of drug-likeness (QED) is 0.238. The standard InChI is InChI=1S/C35H24/c1-2-10-24(11-3-1)25-18-20-26(21-19-25)34-30-14-6-8-16-32(30)35(33-17-9-7-15-31(33)34)29-22-27-12-4-5-13-28(27)23-29/h1-22H,23H2. The van der Waals surface area contributed by atoms with E-state index >= 15 is 0 Å². The SMILES string of the molecule is C1=C(c2c3ccccc3c(-c3ccc(-c4ccccc4)cc3)c3ccccc23)Cc2ccccc21. The maximum atomic E-state index is 2.39. The lowest BCUT2D eigenvalue weighted by atomic mass is 9.85. The molecule has 0 atom stereocenters. The molecule has 0 heterocycles. The van der Waals surface area contributed by atoms with Crippen LogP contribution in [0, 0.1) is 0 Å². The van der Waals surface area contributed by atoms with Crippen molar-refractivity contribution in [3.63, 3.8) is 0 Å². The van der Waals surface area contributed by atoms with Crippen LogP contribution in [0.5, 0.6) is 0 Å². The van der Waals surface area contributed by atoms with Crippen molar-refractivity contribution in [2.24, 2.45) is 0 Å². The van der Waals surface area contributed by atoms with E-state index in [2.05, 4.69) is 133 Å². The molecule has 0 nitrogen and oxygen atoms in total. The molecule has 0 fully saturated rings. The lowest BCUT2D eigenvalue weighted by Gasteiger charge is -2.18. The summed E-state index contributed by atoms with van der Waals surface area (Å²) in [6.07, 6.45) is 3.37. The topological polar surface area (TPSA) is 0 Å². The first kappa shape index (κ1) is 20.0. The van der Waals surface area contributed by atoms with E-state index in [4.69, 9.17) is 0 Å². The molecule has 0 N–H and O–H groups in total. The molecule has 6 aromatic carbocycles. The van der Waals surface area contributed by atoms with Gasteiger partial charge in [-0.15, -0.1) is 0 Å². The van der Waals surface area contributed by atoms with Gasteiger partial charge >= 0.3 is 0 Å². The van der Waals surface area contributed by atoms with E-state index in [1.165, 1.54) is 66.1 Å². The Hall–Kier alpha value is -4.42. The van der Waals surface area contributed by atoms with Crippen LogP contribution in [0.15, 0.2) is 127 Å². The van der Waals surface area contributed by atoms with Gasteiger partial charge in [-0.1, -0.05) is 133 Å². The summed E-state index contributed by atoms with van der Waals surface area (Å²) in [4.78, 5) is 0. The Morgan fingerprint density at radius 1 is 0.371 bits per heavy atom. The van der Waals surface area contributed by atoms with Crippen molar-refractivity contribution in [3.8, 4) is 22.3 Å². The van der Waals surface area contributed by atoms with Gasteiger partial charge in [0, 0.05) is 0 Å². The molecule has 7 rings (SSSR count). The Morgan fingerprint density at radius 3 is 1.49 bits per heavy atom. The fourth-order valence-corrected chi connectivity index (χ4v) is 5.69. The van der Waals surface area contributed by atoms with Crippen molar-refractivity contribution < 1.29 is 0 Å². The van der Waals surface area contributed by atoms with Crippen LogP contribution in [0.4, 0.5) is 0 Å². The fraction of sp³-hybridized carbons (Fsp3) is 0.0286. The van der Waals surface area contributed by atoms with Crippen LogP contribution in [0.25, 0.3) is 55.4 Å². The van der Waals surface area contributed by atoms with Gasteiger partial charge in [0.25, 0.3) is 0 Å². The maximum absolute atomic E-state index is 2.39. The average Bonchev–Trinajstić information content (AvgIpc) is 3.36. The second kappa shape index (κ2) is 8.11. The molecule has 0 saturated heterocycles. The average molecular weight is 445 g/mol. The third-order valence-corrected chi connectivity index (χ3v) is 7.30. The summed E-state index contributed by atoms with van der Waals surface area (Å²) >= 11 is 0. The summed E-state index contributed by atoms with van der Waals surface area (Å²) in [5.74, 6) is 0. The summed E-state index contributed by atoms with van der Waals surface area (Å²) in [5.41, 5.74) is 10.6. The van der Waals surface area contributed by atoms with Crippen molar-refractivity contribution >= 4 is 33.2 Å². The first-order valence-corrected chi connectivity index (χ1v) is 12.2. The molecule has 0 spiro atoms. The van der Waals surface area contributed by atoms with Crippen LogP contribution in [0.1, 0.15) is 16.7 Å². The lowest BCUT2D eigenvalue weighted by Crippen LogP contribution is -1.94. The van der Waals surface area contributed by atoms with E-state index < -0.39 is 0 Å². The zero-order valence-corrected chi connectivity index (χ0v) is 19.4. The third-order valence-electron chi connectivity index (χ3n) is 7.30. The minimum Gasteiger partial charge on any atom is -0.0622 e. The van der Waals surface area contributed by atoms with Crippen LogP contribution >= 0.6 is 0 Å². The monoisotopic (exact) mass is 444 g/mol. The van der Waals surface area contributed by atoms with E-state index in [0.29, 0.717) is 0 Å². The Morgan fingerprint density at radius 2 is 0.857 bits per heavy atom. The third kappa shape index (κ3) is 3.30. The highest BCUT2D eigenvalue weighted by Gasteiger charge is 2.21. The summed E-state index contributed by atoms with van der Waals surface area (Å²) in [5, 5.41) is 5.27. The predicted molar refractivity (Wildman–Crippen MR) is 150 cm³/mol. The molecular formula is C35H24. The smallest absolute Gasteiger partial charge is 0.00132 e. The number of hydrogen-bond donors (Lipinski definition) is 0. The molecule has 6 aromatic rings. The van der Waals surface area contributed by atoms with Gasteiger partial charge in [0.2, 0.25) is 0 Å². The molecule has 1 aliphatic carbocycles. The second-order valence-corrected chi connectivity index (χ2v) is 9.33. The molecule has 0 saturated carbocycles. The number of fused-ring (bicyclic) bond motifs is 3. The summed E-state index contributed by atoms with van der Waals surface area (Å²) in [7, 11) is 0. The van der Waals surface area contributed by atoms with E-state index in [9.17, 15) is 0 Å². The van der Waals surface area contributed by atoms with Gasteiger partial charge in [0.15, 0.2) is 0 Å². The van der Waals surface area contributed by atoms with Gasteiger partial charge < -0.3 is 0 Å². The summed E-state index contributed by atoms with van der Waals surface area (Å²) in [6, 6.07) is 46.3. The Bertz CT molecular complexity index is 1680. The van der Waals surface area contributed by atoms with Gasteiger partial charge in [-0.3, -0.25) is 0 Å². The van der Waals surface area contributed by atoms with Crippen LogP contribution < -0.4 is 0 Å². The first-order chi connectivity index (χ1) is 17.4. The minimum absolute atomic E-state index is 0.981. The van der Waals surface area contributed by atoms with Crippen molar-refractivity contribution in [2.45, 2.75) is 6.42 Å². The largest absolute Gasteiger partial charge is 0.0622 e. The van der Waals surface area contributed by atoms with Crippen molar-refractivity contribution in [1.29, 1.82) is 0 Å². The molecule has 0 unspecified atom stereocenters. The zero-order chi connectivity index (χ0) is 23.2. The van der Waals surface area contributed by atoms with Gasteiger partial charge in [-0.25, -0.2) is 0 Å². The molecular weight excluding hydrogens is 420 g/mol. The van der Waals surface area contributed by atoms with Gasteiger partial charge in [-0.2, -0.15) is 0 Å². The molecule has 0 aliphatic heterocycles. The van der Waals surface area contributed by atoms with E-state index in [0.717, 1.165) is 6.42 Å². The predicted octanol–water partition coefficient (Wildman–Crippen LogP) is 9.42. The molecule has 0 amide bonds. The second-order valence-electron chi connectivity index (χ2n) is 9.33. The normalized spacial score (nSPS) is 12.6. The zero-order valence-electron chi connectivity index (χ0n) is 19.4. The highest BCUT2D eigenvalue weighted by Crippen LogP contribution is 2.44. The molecule has 0 radical (unpaired) electrons. The molecule has 1 aliphatic rings. The summed E-state index contributed by atoms with van der Waals surface area (Å²) < 4.78 is 0. The maximum Gasteiger partial charge on any atom is -0.00132 e. The Kier molecular flexibility index (Phi) is 4.63. The molecule has 35 heavy (non-hydrogen) atoms. The van der Waals surface area contributed by atoms with Crippen LogP contribution in [0.3, 0.4) is 0 Å². The van der Waals surface area contributed by atoms with E-state index in [1.54, 1.807) is 0 Å². The molecule has 0 heteroatoms. The minimum atomic E-state index is 0.981. The highest BCUT2D eigenvalue weighted by atomic mass is 14.2. The molecule has 0 aromatic heterocycles. The number of benzene rings is 6. The Labute approximate surface area is 205 Å². The van der Waals surface area contributed by atoms with Crippen molar-refractivity contribution in [1.82, 2.24) is 0 Å². The van der Waals surface area contributed by atoms with Gasteiger partial charge in [-0.05, 0) is 72.5 Å². The van der Waals surface area contributed by atoms with Crippen molar-refractivity contribution in [3.05, 3.63) is 144 Å². The van der Waals surface area contributed by atoms with Gasteiger partial charge in [0.1, 0.15) is 0 Å². The van der Waals surface area contributed by atoms with Crippen LogP contribution in [-0.2, 0) is 6.42 Å². The number of allylic oxidation sites excluding steroid dienone is 1. The summed E-state index contributed by atoms with van der Waals surface area (Å²) in [6.45, 7) is 0. The van der Waals surface area contributed by atoms with Crippen LogP contribution in [-0.4, -0.2) is 0 Å². The first-order valence-electron chi connectivity index (χ1n) is 12.2. The van der Waals surface area contributed by atoms with E-state index in [1.807, 2.05) is 0 Å². The number of hydrogen-bond acceptors (Lipinski definition) is 0. The van der Waals surface area contributed by atoms with Crippen LogP contribution in [0.2, 0.25) is 0 Å². The lowest BCUT2D eigenvalue weighted by molar-refractivity contribution is 1.33. The van der Waals surface area contributed by atoms with Gasteiger partial charge in [0.05, 0.1) is 0 Å². The van der Waals surface area contributed by atoms with E-state index in [-0.39, 0.29) is 0 Å². The highest BCUT2D eigenvalue weighted by molar-refractivity contribution is 6.20. The fourth-order valence-electron chi connectivity index (χ4n) is 5.69. The number of rotatable bonds is 3. The molecule has 0 bridgehead atoms. The molecule has 164 valence electrons. The van der Waals surface area contributed by atoms with Crippen molar-refractivity contribution in [2.75, 3.05) is 0 Å².